The van der Waals surface area contributed by atoms with Gasteiger partial charge in [-0.05, 0) is 35.2 Å². The Bertz CT molecular complexity index is 1220. The van der Waals surface area contributed by atoms with Crippen molar-refractivity contribution < 1.29 is 23.8 Å². The predicted octanol–water partition coefficient (Wildman–Crippen LogP) is 1.41. The Morgan fingerprint density at radius 2 is 1.97 bits per heavy atom. The van der Waals surface area contributed by atoms with Gasteiger partial charge in [-0.15, -0.1) is 0 Å². The molecule has 0 saturated heterocycles. The zero-order valence-electron chi connectivity index (χ0n) is 17.7. The number of nitrogens with one attached hydrogen (secondary N) is 1. The van der Waals surface area contributed by atoms with Crippen molar-refractivity contribution in [3.05, 3.63) is 75.6 Å². The van der Waals surface area contributed by atoms with Gasteiger partial charge in [-0.2, -0.15) is 0 Å². The lowest BCUT2D eigenvalue weighted by atomic mass is 9.99. The molecule has 0 spiro atoms. The maximum Gasteiger partial charge on any atom is 0.336 e. The molecule has 2 heterocycles. The highest BCUT2D eigenvalue weighted by Gasteiger charge is 2.28. The molecule has 3 aromatic rings. The van der Waals surface area contributed by atoms with Crippen LogP contribution in [0.25, 0.3) is 11.0 Å². The average Bonchev–Trinajstić information content (AvgIpc) is 2.81. The van der Waals surface area contributed by atoms with E-state index in [1.54, 1.807) is 23.1 Å². The number of ether oxygens (including phenoxy) is 1. The zero-order chi connectivity index (χ0) is 22.7. The van der Waals surface area contributed by atoms with Crippen LogP contribution in [-0.4, -0.2) is 48.1 Å². The lowest BCUT2D eigenvalue weighted by Gasteiger charge is -2.31. The van der Waals surface area contributed by atoms with Crippen LogP contribution in [0.4, 0.5) is 0 Å². The Morgan fingerprint density at radius 1 is 1.19 bits per heavy atom. The number of hydrogen-bond donors (Lipinski definition) is 2. The largest absolute Gasteiger partial charge is 0.497 e. The molecule has 32 heavy (non-hydrogen) atoms. The van der Waals surface area contributed by atoms with Crippen LogP contribution in [0, 0.1) is 0 Å². The van der Waals surface area contributed by atoms with Gasteiger partial charge in [0.1, 0.15) is 17.4 Å². The van der Waals surface area contributed by atoms with Crippen molar-refractivity contribution in [1.29, 1.82) is 0 Å². The molecule has 8 nitrogen and oxygen atoms in total. The second-order valence-electron chi connectivity index (χ2n) is 7.71. The molecule has 1 unspecified atom stereocenters. The third-order valence-electron chi connectivity index (χ3n) is 5.65. The van der Waals surface area contributed by atoms with Crippen LogP contribution in [0.1, 0.15) is 16.7 Å². The van der Waals surface area contributed by atoms with Crippen LogP contribution >= 0.6 is 0 Å². The van der Waals surface area contributed by atoms with E-state index in [9.17, 15) is 19.5 Å². The summed E-state index contributed by atoms with van der Waals surface area (Å²) in [5.41, 5.74) is 2.45. The third-order valence-corrected chi connectivity index (χ3v) is 5.65. The number of aliphatic hydroxyl groups excluding tert-OH is 1. The molecular formula is C24H24N2O6. The maximum absolute atomic E-state index is 12.9. The fourth-order valence-corrected chi connectivity index (χ4v) is 3.99. The van der Waals surface area contributed by atoms with E-state index in [1.807, 2.05) is 24.3 Å². The molecule has 0 fully saturated rings. The molecule has 1 aliphatic heterocycles. The fraction of sp³-hybridized carbons (Fsp3) is 0.292. The fourth-order valence-electron chi connectivity index (χ4n) is 3.99. The minimum absolute atomic E-state index is 0.138. The number of carbonyl (C=O) groups is 2. The summed E-state index contributed by atoms with van der Waals surface area (Å²) in [7, 11) is 1.50. The minimum atomic E-state index is -1.06. The first-order chi connectivity index (χ1) is 15.5. The summed E-state index contributed by atoms with van der Waals surface area (Å²) in [5.74, 6) is -0.286. The van der Waals surface area contributed by atoms with Crippen LogP contribution in [0.3, 0.4) is 0 Å². The molecule has 8 heteroatoms. The van der Waals surface area contributed by atoms with E-state index in [0.29, 0.717) is 35.4 Å². The monoisotopic (exact) mass is 436 g/mol. The van der Waals surface area contributed by atoms with Crippen molar-refractivity contribution in [2.24, 2.45) is 0 Å². The summed E-state index contributed by atoms with van der Waals surface area (Å²) in [6.07, 6.45) is 0.588. The molecule has 0 radical (unpaired) electrons. The van der Waals surface area contributed by atoms with Crippen molar-refractivity contribution in [2.45, 2.75) is 25.4 Å². The molecule has 2 aromatic carbocycles. The molecule has 0 bridgehead atoms. The number of hydrogen-bond acceptors (Lipinski definition) is 6. The normalized spacial score (nSPS) is 14.0. The Morgan fingerprint density at radius 3 is 2.72 bits per heavy atom. The highest BCUT2D eigenvalue weighted by atomic mass is 16.5. The van der Waals surface area contributed by atoms with Gasteiger partial charge >= 0.3 is 5.63 Å². The molecular weight excluding hydrogens is 412 g/mol. The first kappa shape index (κ1) is 21.6. The first-order valence-corrected chi connectivity index (χ1v) is 10.3. The Labute approximate surface area is 184 Å². The molecule has 166 valence electrons. The van der Waals surface area contributed by atoms with Crippen LogP contribution in [-0.2, 0) is 29.0 Å². The van der Waals surface area contributed by atoms with Gasteiger partial charge in [0, 0.05) is 30.6 Å². The number of benzene rings is 2. The smallest absolute Gasteiger partial charge is 0.336 e. The predicted molar refractivity (Wildman–Crippen MR) is 117 cm³/mol. The Balaban J connectivity index is 1.47. The van der Waals surface area contributed by atoms with Gasteiger partial charge in [0.2, 0.25) is 11.8 Å². The molecule has 2 N–H and O–H groups in total. The molecule has 4 rings (SSSR count). The van der Waals surface area contributed by atoms with Gasteiger partial charge in [-0.25, -0.2) is 4.79 Å². The highest BCUT2D eigenvalue weighted by molar-refractivity contribution is 5.91. The van der Waals surface area contributed by atoms with Gasteiger partial charge in [-0.1, -0.05) is 24.3 Å². The topological polar surface area (TPSA) is 109 Å². The number of amides is 2. The molecule has 1 aliphatic rings. The summed E-state index contributed by atoms with van der Waals surface area (Å²) in [5, 5.41) is 13.0. The maximum atomic E-state index is 12.9. The summed E-state index contributed by atoms with van der Waals surface area (Å²) in [6, 6.07) is 13.1. The number of fused-ring (bicyclic) bond motifs is 2. The van der Waals surface area contributed by atoms with Crippen molar-refractivity contribution in [2.75, 3.05) is 20.3 Å². The van der Waals surface area contributed by atoms with Crippen molar-refractivity contribution in [3.8, 4) is 5.75 Å². The SMILES string of the molecule is COc1ccc2c(CC(=O)NC(CO)C(=O)N3CCc4ccccc4C3)cc(=O)oc2c1. The molecule has 0 aliphatic carbocycles. The second-order valence-corrected chi connectivity index (χ2v) is 7.71. The molecule has 1 aromatic heterocycles. The number of rotatable bonds is 6. The number of methoxy groups -OCH3 is 1. The van der Waals surface area contributed by atoms with Gasteiger partial charge < -0.3 is 24.5 Å². The first-order valence-electron chi connectivity index (χ1n) is 10.3. The summed E-state index contributed by atoms with van der Waals surface area (Å²) in [4.78, 5) is 39.2. The zero-order valence-corrected chi connectivity index (χ0v) is 17.7. The molecule has 1 atom stereocenters. The van der Waals surface area contributed by atoms with Crippen molar-refractivity contribution in [3.63, 3.8) is 0 Å². The van der Waals surface area contributed by atoms with Gasteiger partial charge in [0.25, 0.3) is 0 Å². The summed E-state index contributed by atoms with van der Waals surface area (Å²) in [6.45, 7) is 0.444. The van der Waals surface area contributed by atoms with E-state index in [1.165, 1.54) is 18.7 Å². The van der Waals surface area contributed by atoms with Crippen molar-refractivity contribution in [1.82, 2.24) is 10.2 Å². The lowest BCUT2D eigenvalue weighted by molar-refractivity contribution is -0.138. The van der Waals surface area contributed by atoms with Gasteiger partial charge in [0.15, 0.2) is 0 Å². The van der Waals surface area contributed by atoms with Crippen LogP contribution in [0.5, 0.6) is 5.75 Å². The Hall–Kier alpha value is -3.65. The highest BCUT2D eigenvalue weighted by Crippen LogP contribution is 2.23. The Kier molecular flexibility index (Phi) is 6.23. The van der Waals surface area contributed by atoms with E-state index in [0.717, 1.165) is 12.0 Å². The van der Waals surface area contributed by atoms with E-state index >= 15 is 0 Å². The van der Waals surface area contributed by atoms with Gasteiger partial charge in [-0.3, -0.25) is 9.59 Å². The summed E-state index contributed by atoms with van der Waals surface area (Å²) < 4.78 is 10.4. The van der Waals surface area contributed by atoms with Crippen LogP contribution < -0.4 is 15.7 Å². The van der Waals surface area contributed by atoms with Crippen LogP contribution in [0.15, 0.2) is 57.7 Å². The van der Waals surface area contributed by atoms with Crippen molar-refractivity contribution >= 4 is 22.8 Å². The van der Waals surface area contributed by atoms with E-state index in [-0.39, 0.29) is 12.3 Å². The van der Waals surface area contributed by atoms with E-state index in [4.69, 9.17) is 9.15 Å². The summed E-state index contributed by atoms with van der Waals surface area (Å²) >= 11 is 0. The van der Waals surface area contributed by atoms with Gasteiger partial charge in [0.05, 0.1) is 20.1 Å². The molecule has 0 saturated carbocycles. The minimum Gasteiger partial charge on any atom is -0.497 e. The molecule has 2 amide bonds. The lowest BCUT2D eigenvalue weighted by Crippen LogP contribution is -2.51. The number of nitrogens with zero attached hydrogens (tertiary/aromatic N) is 1. The third kappa shape index (κ3) is 4.50. The number of carbonyl (C=O) groups excluding carboxylic acids is 2. The quantitative estimate of drug-likeness (QED) is 0.566. The van der Waals surface area contributed by atoms with E-state index in [2.05, 4.69) is 5.32 Å². The number of aliphatic hydroxyl groups is 1. The average molecular weight is 436 g/mol. The van der Waals surface area contributed by atoms with Crippen LogP contribution in [0.2, 0.25) is 0 Å². The standard InChI is InChI=1S/C24H24N2O6/c1-31-18-6-7-19-17(11-23(29)32-21(19)12-18)10-22(28)25-20(14-27)24(30)26-9-8-15-4-2-3-5-16(15)13-26/h2-7,11-12,20,27H,8-10,13-14H2,1H3,(H,25,28). The second kappa shape index (κ2) is 9.23. The van der Waals surface area contributed by atoms with E-state index < -0.39 is 24.2 Å².